The van der Waals surface area contributed by atoms with E-state index in [4.69, 9.17) is 18.9 Å². The van der Waals surface area contributed by atoms with E-state index in [1.54, 1.807) is 39.0 Å². The number of methoxy groups -OCH3 is 2. The molecular formula is C23H28N2O7. The summed E-state index contributed by atoms with van der Waals surface area (Å²) in [4.78, 5) is 41.3. The number of likely N-dealkylation sites (tertiary alicyclic amines) is 1. The Balaban J connectivity index is 1.94. The van der Waals surface area contributed by atoms with Gasteiger partial charge in [-0.2, -0.15) is 0 Å². The van der Waals surface area contributed by atoms with Gasteiger partial charge in [0.05, 0.1) is 26.3 Å². The minimum absolute atomic E-state index is 0.105. The quantitative estimate of drug-likeness (QED) is 0.706. The fourth-order valence-corrected chi connectivity index (χ4v) is 3.65. The number of H-pyrrole nitrogens is 1. The van der Waals surface area contributed by atoms with Crippen LogP contribution in [0.3, 0.4) is 0 Å². The first-order valence-corrected chi connectivity index (χ1v) is 10.2. The first-order valence-electron chi connectivity index (χ1n) is 10.2. The first-order chi connectivity index (χ1) is 15.1. The monoisotopic (exact) mass is 444 g/mol. The van der Waals surface area contributed by atoms with Gasteiger partial charge in [-0.3, -0.25) is 9.69 Å². The molecule has 1 N–H and O–H groups in total. The standard InChI is InChI=1S/C23H28N2O7/c1-7-13-8-15-16(10-18(13)29-5)24-20(26)11-19(15)31-14-9-17(21(27)30-6)25(12-14)22(28)32-23(2,3)4/h7-8,10-11,14,17H,1,9,12H2,2-6H3,(H,24,26)/t14-,17+/m1/s1. The number of ether oxygens (including phenoxy) is 4. The third kappa shape index (κ3) is 4.87. The van der Waals surface area contributed by atoms with Crippen molar-refractivity contribution < 1.29 is 28.5 Å². The van der Waals surface area contributed by atoms with Gasteiger partial charge in [0, 0.05) is 29.5 Å². The van der Waals surface area contributed by atoms with Gasteiger partial charge in [0.2, 0.25) is 0 Å². The van der Waals surface area contributed by atoms with Crippen LogP contribution in [0.15, 0.2) is 29.6 Å². The number of rotatable bonds is 5. The van der Waals surface area contributed by atoms with E-state index in [-0.39, 0.29) is 18.5 Å². The van der Waals surface area contributed by atoms with Crippen molar-refractivity contribution in [2.24, 2.45) is 0 Å². The van der Waals surface area contributed by atoms with Crippen LogP contribution in [-0.4, -0.2) is 60.5 Å². The molecule has 1 aromatic carbocycles. The second-order valence-electron chi connectivity index (χ2n) is 8.49. The lowest BCUT2D eigenvalue weighted by Gasteiger charge is -2.27. The van der Waals surface area contributed by atoms with Gasteiger partial charge in [-0.15, -0.1) is 0 Å². The highest BCUT2D eigenvalue weighted by molar-refractivity contribution is 5.89. The maximum Gasteiger partial charge on any atom is 0.411 e. The first kappa shape index (κ1) is 23.2. The highest BCUT2D eigenvalue weighted by atomic mass is 16.6. The molecule has 172 valence electrons. The zero-order valence-corrected chi connectivity index (χ0v) is 18.9. The second kappa shape index (κ2) is 8.94. The normalized spacial score (nSPS) is 18.3. The van der Waals surface area contributed by atoms with Gasteiger partial charge >= 0.3 is 12.1 Å². The molecule has 1 aromatic heterocycles. The largest absolute Gasteiger partial charge is 0.496 e. The van der Waals surface area contributed by atoms with Gasteiger partial charge in [-0.05, 0) is 26.8 Å². The van der Waals surface area contributed by atoms with Crippen molar-refractivity contribution in [2.75, 3.05) is 20.8 Å². The van der Waals surface area contributed by atoms with Crippen LogP contribution < -0.4 is 15.0 Å². The molecule has 3 rings (SSSR count). The predicted molar refractivity (Wildman–Crippen MR) is 119 cm³/mol. The molecule has 0 unspecified atom stereocenters. The number of pyridine rings is 1. The highest BCUT2D eigenvalue weighted by Gasteiger charge is 2.43. The lowest BCUT2D eigenvalue weighted by atomic mass is 10.1. The molecule has 1 amide bonds. The molecule has 9 nitrogen and oxygen atoms in total. The molecule has 0 aliphatic carbocycles. The van der Waals surface area contributed by atoms with E-state index in [0.717, 1.165) is 5.56 Å². The van der Waals surface area contributed by atoms with E-state index in [1.165, 1.54) is 25.2 Å². The van der Waals surface area contributed by atoms with Crippen molar-refractivity contribution in [3.05, 3.63) is 40.7 Å². The minimum Gasteiger partial charge on any atom is -0.496 e. The second-order valence-corrected chi connectivity index (χ2v) is 8.49. The zero-order chi connectivity index (χ0) is 23.6. The lowest BCUT2D eigenvalue weighted by Crippen LogP contribution is -2.44. The third-order valence-corrected chi connectivity index (χ3v) is 5.03. The Bertz CT molecular complexity index is 1100. The summed E-state index contributed by atoms with van der Waals surface area (Å²) in [5.41, 5.74) is 0.180. The van der Waals surface area contributed by atoms with Crippen molar-refractivity contribution in [3.63, 3.8) is 0 Å². The van der Waals surface area contributed by atoms with Crippen LogP contribution in [0.25, 0.3) is 17.0 Å². The number of nitrogens with one attached hydrogen (secondary N) is 1. The van der Waals surface area contributed by atoms with Crippen LogP contribution >= 0.6 is 0 Å². The molecule has 1 saturated heterocycles. The number of hydrogen-bond donors (Lipinski definition) is 1. The van der Waals surface area contributed by atoms with E-state index < -0.39 is 29.8 Å². The number of benzene rings is 1. The number of aromatic nitrogens is 1. The maximum absolute atomic E-state index is 12.7. The average molecular weight is 444 g/mol. The number of aromatic amines is 1. The van der Waals surface area contributed by atoms with Gasteiger partial charge in [-0.1, -0.05) is 12.7 Å². The molecule has 2 aromatic rings. The van der Waals surface area contributed by atoms with Crippen molar-refractivity contribution >= 4 is 29.0 Å². The summed E-state index contributed by atoms with van der Waals surface area (Å²) in [6.07, 6.45) is 0.657. The molecule has 0 radical (unpaired) electrons. The topological polar surface area (TPSA) is 107 Å². The molecule has 1 aliphatic heterocycles. The number of carbonyl (C=O) groups is 2. The van der Waals surface area contributed by atoms with Crippen molar-refractivity contribution in [3.8, 4) is 11.5 Å². The fourth-order valence-electron chi connectivity index (χ4n) is 3.65. The Morgan fingerprint density at radius 1 is 1.19 bits per heavy atom. The fraction of sp³-hybridized carbons (Fsp3) is 0.435. The number of hydrogen-bond acceptors (Lipinski definition) is 7. The lowest BCUT2D eigenvalue weighted by molar-refractivity contribution is -0.145. The van der Waals surface area contributed by atoms with Gasteiger partial charge < -0.3 is 23.9 Å². The summed E-state index contributed by atoms with van der Waals surface area (Å²) in [5, 5.41) is 0.644. The molecule has 32 heavy (non-hydrogen) atoms. The van der Waals surface area contributed by atoms with Gasteiger partial charge in [0.15, 0.2) is 0 Å². The Morgan fingerprint density at radius 3 is 2.50 bits per heavy atom. The van der Waals surface area contributed by atoms with Crippen LogP contribution in [0.4, 0.5) is 4.79 Å². The maximum atomic E-state index is 12.7. The summed E-state index contributed by atoms with van der Waals surface area (Å²) in [6, 6.07) is 3.98. The molecule has 1 fully saturated rings. The zero-order valence-electron chi connectivity index (χ0n) is 18.9. The van der Waals surface area contributed by atoms with Crippen molar-refractivity contribution in [1.29, 1.82) is 0 Å². The summed E-state index contributed by atoms with van der Waals surface area (Å²) < 4.78 is 21.8. The van der Waals surface area contributed by atoms with E-state index in [9.17, 15) is 14.4 Å². The number of fused-ring (bicyclic) bond motifs is 1. The Kier molecular flexibility index (Phi) is 6.47. The number of esters is 1. The summed E-state index contributed by atoms with van der Waals surface area (Å²) in [7, 11) is 2.79. The SMILES string of the molecule is C=Cc1cc2c(O[C@@H]3C[C@@H](C(=O)OC)N(C(=O)OC(C)(C)C)C3)cc(=O)[nH]c2cc1OC. The number of carbonyl (C=O) groups excluding carboxylic acids is 2. The Labute approximate surface area is 185 Å². The number of nitrogens with zero attached hydrogens (tertiary/aromatic N) is 1. The van der Waals surface area contributed by atoms with E-state index >= 15 is 0 Å². The van der Waals surface area contributed by atoms with Crippen LogP contribution in [-0.2, 0) is 14.3 Å². The van der Waals surface area contributed by atoms with Crippen molar-refractivity contribution in [1.82, 2.24) is 9.88 Å². The molecule has 2 heterocycles. The Morgan fingerprint density at radius 2 is 1.91 bits per heavy atom. The average Bonchev–Trinajstić information content (AvgIpc) is 3.15. The van der Waals surface area contributed by atoms with Gasteiger partial charge in [0.1, 0.15) is 29.2 Å². The van der Waals surface area contributed by atoms with Crippen LogP contribution in [0.1, 0.15) is 32.8 Å². The minimum atomic E-state index is -0.850. The highest BCUT2D eigenvalue weighted by Crippen LogP contribution is 2.33. The molecule has 9 heteroatoms. The molecule has 0 saturated carbocycles. The predicted octanol–water partition coefficient (Wildman–Crippen LogP) is 3.11. The summed E-state index contributed by atoms with van der Waals surface area (Å²) in [5.74, 6) is 0.327. The van der Waals surface area contributed by atoms with E-state index in [2.05, 4.69) is 11.6 Å². The van der Waals surface area contributed by atoms with Gasteiger partial charge in [-0.25, -0.2) is 9.59 Å². The van der Waals surface area contributed by atoms with E-state index in [1.807, 2.05) is 0 Å². The summed E-state index contributed by atoms with van der Waals surface area (Å²) >= 11 is 0. The van der Waals surface area contributed by atoms with Crippen LogP contribution in [0.2, 0.25) is 0 Å². The van der Waals surface area contributed by atoms with E-state index in [0.29, 0.717) is 22.4 Å². The molecule has 2 atom stereocenters. The molecular weight excluding hydrogens is 416 g/mol. The molecule has 1 aliphatic rings. The van der Waals surface area contributed by atoms with Crippen LogP contribution in [0, 0.1) is 0 Å². The smallest absolute Gasteiger partial charge is 0.411 e. The van der Waals surface area contributed by atoms with Crippen LogP contribution in [0.5, 0.6) is 11.5 Å². The van der Waals surface area contributed by atoms with Gasteiger partial charge in [0.25, 0.3) is 5.56 Å². The van der Waals surface area contributed by atoms with Crippen molar-refractivity contribution in [2.45, 2.75) is 44.9 Å². The molecule has 0 spiro atoms. The number of amides is 1. The summed E-state index contributed by atoms with van der Waals surface area (Å²) in [6.45, 7) is 9.13. The Hall–Kier alpha value is -3.49. The molecule has 0 bridgehead atoms. The third-order valence-electron chi connectivity index (χ3n) is 5.03.